The number of hydrogen-bond donors (Lipinski definition) is 1. The van der Waals surface area contributed by atoms with E-state index in [-0.39, 0.29) is 23.7 Å². The Kier molecular flexibility index (Phi) is 4.76. The van der Waals surface area contributed by atoms with Gasteiger partial charge in [-0.2, -0.15) is 13.2 Å². The van der Waals surface area contributed by atoms with Gasteiger partial charge in [-0.1, -0.05) is 0 Å². The van der Waals surface area contributed by atoms with Crippen LogP contribution in [0.2, 0.25) is 0 Å². The number of halogens is 3. The molecule has 0 unspecified atom stereocenters. The van der Waals surface area contributed by atoms with Gasteiger partial charge < -0.3 is 9.88 Å². The SMILES string of the molecule is O=C(c1cccnc1)N1CCN(Cc2c(C(F)(F)F)[nH]c3ncccc23)CC1. The van der Waals surface area contributed by atoms with E-state index in [0.29, 0.717) is 37.1 Å². The van der Waals surface area contributed by atoms with Crippen molar-refractivity contribution in [2.24, 2.45) is 0 Å². The predicted octanol–water partition coefficient (Wildman–Crippen LogP) is 2.93. The number of H-pyrrole nitrogens is 1. The molecule has 3 aromatic rings. The lowest BCUT2D eigenvalue weighted by Crippen LogP contribution is -2.48. The molecule has 28 heavy (non-hydrogen) atoms. The zero-order valence-electron chi connectivity index (χ0n) is 14.9. The zero-order chi connectivity index (χ0) is 19.7. The maximum Gasteiger partial charge on any atom is 0.431 e. The number of aromatic amines is 1. The molecule has 1 saturated heterocycles. The van der Waals surface area contributed by atoms with E-state index >= 15 is 0 Å². The van der Waals surface area contributed by atoms with Crippen molar-refractivity contribution in [2.75, 3.05) is 26.2 Å². The minimum atomic E-state index is -4.48. The van der Waals surface area contributed by atoms with Crippen LogP contribution >= 0.6 is 0 Å². The van der Waals surface area contributed by atoms with Crippen molar-refractivity contribution in [3.63, 3.8) is 0 Å². The smallest absolute Gasteiger partial charge is 0.336 e. The number of aromatic nitrogens is 3. The van der Waals surface area contributed by atoms with Crippen molar-refractivity contribution in [1.29, 1.82) is 0 Å². The van der Waals surface area contributed by atoms with Crippen LogP contribution in [0.3, 0.4) is 0 Å². The minimum absolute atomic E-state index is 0.111. The summed E-state index contributed by atoms with van der Waals surface area (Å²) in [5.41, 5.74) is 0.186. The van der Waals surface area contributed by atoms with Crippen LogP contribution in [0.15, 0.2) is 42.9 Å². The van der Waals surface area contributed by atoms with Gasteiger partial charge in [0.2, 0.25) is 0 Å². The van der Waals surface area contributed by atoms with E-state index in [2.05, 4.69) is 15.0 Å². The van der Waals surface area contributed by atoms with Gasteiger partial charge in [0.05, 0.1) is 5.56 Å². The van der Waals surface area contributed by atoms with Crippen LogP contribution in [0, 0.1) is 0 Å². The number of nitrogens with zero attached hydrogens (tertiary/aromatic N) is 4. The Hall–Kier alpha value is -2.94. The number of rotatable bonds is 3. The molecule has 146 valence electrons. The third-order valence-corrected chi connectivity index (χ3v) is 4.91. The maximum atomic E-state index is 13.5. The average molecular weight is 389 g/mol. The van der Waals surface area contributed by atoms with E-state index in [4.69, 9.17) is 0 Å². The molecule has 0 radical (unpaired) electrons. The fourth-order valence-electron chi connectivity index (χ4n) is 3.49. The minimum Gasteiger partial charge on any atom is -0.336 e. The van der Waals surface area contributed by atoms with Crippen LogP contribution < -0.4 is 0 Å². The van der Waals surface area contributed by atoms with Gasteiger partial charge in [-0.05, 0) is 24.3 Å². The molecule has 0 aromatic carbocycles. The topological polar surface area (TPSA) is 65.1 Å². The first-order chi connectivity index (χ1) is 13.4. The van der Waals surface area contributed by atoms with E-state index in [1.165, 1.54) is 12.4 Å². The molecule has 4 rings (SSSR count). The van der Waals surface area contributed by atoms with Gasteiger partial charge in [0, 0.05) is 62.3 Å². The fraction of sp³-hybridized carbons (Fsp3) is 0.316. The molecular weight excluding hydrogens is 371 g/mol. The van der Waals surface area contributed by atoms with Gasteiger partial charge in [0.25, 0.3) is 5.91 Å². The monoisotopic (exact) mass is 389 g/mol. The van der Waals surface area contributed by atoms with Crippen molar-refractivity contribution in [2.45, 2.75) is 12.7 Å². The molecule has 1 fully saturated rings. The van der Waals surface area contributed by atoms with Crippen LogP contribution in [0.4, 0.5) is 13.2 Å². The first kappa shape index (κ1) is 18.4. The highest BCUT2D eigenvalue weighted by Crippen LogP contribution is 2.35. The van der Waals surface area contributed by atoms with E-state index < -0.39 is 11.9 Å². The summed E-state index contributed by atoms with van der Waals surface area (Å²) in [5, 5.41) is 0.476. The molecule has 4 heterocycles. The number of carbonyl (C=O) groups excluding carboxylic acids is 1. The van der Waals surface area contributed by atoms with Crippen LogP contribution in [-0.2, 0) is 12.7 Å². The summed E-state index contributed by atoms with van der Waals surface area (Å²) in [7, 11) is 0. The van der Waals surface area contributed by atoms with Gasteiger partial charge in [-0.3, -0.25) is 14.7 Å². The Morgan fingerprint density at radius 1 is 1.11 bits per heavy atom. The van der Waals surface area contributed by atoms with E-state index in [1.54, 1.807) is 35.4 Å². The first-order valence-corrected chi connectivity index (χ1v) is 8.88. The Morgan fingerprint density at radius 2 is 1.86 bits per heavy atom. The van der Waals surface area contributed by atoms with Crippen LogP contribution in [0.25, 0.3) is 11.0 Å². The second-order valence-corrected chi connectivity index (χ2v) is 6.69. The van der Waals surface area contributed by atoms with Crippen molar-refractivity contribution in [1.82, 2.24) is 24.8 Å². The lowest BCUT2D eigenvalue weighted by atomic mass is 10.1. The largest absolute Gasteiger partial charge is 0.431 e. The summed E-state index contributed by atoms with van der Waals surface area (Å²) in [6.45, 7) is 2.05. The number of hydrogen-bond acceptors (Lipinski definition) is 4. The van der Waals surface area contributed by atoms with Crippen LogP contribution in [0.5, 0.6) is 0 Å². The Balaban J connectivity index is 1.49. The number of amides is 1. The second kappa shape index (κ2) is 7.23. The molecule has 0 saturated carbocycles. The van der Waals surface area contributed by atoms with Gasteiger partial charge in [0.15, 0.2) is 0 Å². The van der Waals surface area contributed by atoms with Crippen LogP contribution in [-0.4, -0.2) is 56.8 Å². The number of carbonyl (C=O) groups is 1. The highest BCUT2D eigenvalue weighted by atomic mass is 19.4. The molecule has 1 N–H and O–H groups in total. The third kappa shape index (κ3) is 3.57. The van der Waals surface area contributed by atoms with Crippen molar-refractivity contribution in [3.8, 4) is 0 Å². The molecular formula is C19H18F3N5O. The zero-order valence-corrected chi connectivity index (χ0v) is 14.9. The summed E-state index contributed by atoms with van der Waals surface area (Å²) in [6, 6.07) is 6.68. The second-order valence-electron chi connectivity index (χ2n) is 6.69. The Labute approximate surface area is 159 Å². The summed E-state index contributed by atoms with van der Waals surface area (Å²) in [5.74, 6) is -0.111. The first-order valence-electron chi connectivity index (χ1n) is 8.88. The quantitative estimate of drug-likeness (QED) is 0.748. The van der Waals surface area contributed by atoms with Crippen LogP contribution in [0.1, 0.15) is 21.6 Å². The normalized spacial score (nSPS) is 15.9. The number of alkyl halides is 3. The van der Waals surface area contributed by atoms with Gasteiger partial charge in [0.1, 0.15) is 11.3 Å². The molecule has 0 aliphatic carbocycles. The van der Waals surface area contributed by atoms with Gasteiger partial charge in [-0.15, -0.1) is 0 Å². The molecule has 9 heteroatoms. The Bertz CT molecular complexity index is 978. The summed E-state index contributed by atoms with van der Waals surface area (Å²) < 4.78 is 40.4. The molecule has 0 spiro atoms. The Morgan fingerprint density at radius 3 is 2.54 bits per heavy atom. The highest BCUT2D eigenvalue weighted by Gasteiger charge is 2.37. The molecule has 1 amide bonds. The molecule has 0 bridgehead atoms. The number of nitrogens with one attached hydrogen (secondary N) is 1. The lowest BCUT2D eigenvalue weighted by molar-refractivity contribution is -0.141. The highest BCUT2D eigenvalue weighted by molar-refractivity contribution is 5.93. The molecule has 3 aromatic heterocycles. The standard InChI is InChI=1S/C19H18F3N5O/c20-19(21,22)16-15(14-4-2-6-24-17(14)25-16)12-26-7-9-27(10-8-26)18(28)13-3-1-5-23-11-13/h1-6,11H,7-10,12H2,(H,24,25). The van der Waals surface area contributed by atoms with E-state index in [9.17, 15) is 18.0 Å². The summed E-state index contributed by atoms with van der Waals surface area (Å²) in [6.07, 6.45) is 0.103. The maximum absolute atomic E-state index is 13.5. The van der Waals surface area contributed by atoms with Gasteiger partial charge in [-0.25, -0.2) is 4.98 Å². The number of piperazine rings is 1. The lowest BCUT2D eigenvalue weighted by Gasteiger charge is -2.34. The predicted molar refractivity (Wildman–Crippen MR) is 96.5 cm³/mol. The fourth-order valence-corrected chi connectivity index (χ4v) is 3.49. The van der Waals surface area contributed by atoms with Crippen molar-refractivity contribution >= 4 is 16.9 Å². The summed E-state index contributed by atoms with van der Waals surface area (Å²) in [4.78, 5) is 26.5. The van der Waals surface area contributed by atoms with Gasteiger partial charge >= 0.3 is 6.18 Å². The van der Waals surface area contributed by atoms with E-state index in [0.717, 1.165) is 0 Å². The molecule has 6 nitrogen and oxygen atoms in total. The molecule has 1 aliphatic rings. The number of pyridine rings is 2. The average Bonchev–Trinajstić information content (AvgIpc) is 3.08. The van der Waals surface area contributed by atoms with E-state index in [1.807, 2.05) is 4.90 Å². The van der Waals surface area contributed by atoms with Crippen molar-refractivity contribution < 1.29 is 18.0 Å². The molecule has 1 aliphatic heterocycles. The number of fused-ring (bicyclic) bond motifs is 1. The molecule has 0 atom stereocenters. The van der Waals surface area contributed by atoms with Crippen molar-refractivity contribution in [3.05, 3.63) is 59.7 Å². The third-order valence-electron chi connectivity index (χ3n) is 4.91. The summed E-state index contributed by atoms with van der Waals surface area (Å²) >= 11 is 0.